The number of aromatic nitrogens is 1. The first-order chi connectivity index (χ1) is 9.24. The largest absolute Gasteiger partial charge is 0.287 e. The molecule has 3 rings (SSSR count). The van der Waals surface area contributed by atoms with Crippen LogP contribution in [0.4, 0.5) is 0 Å². The lowest BCUT2D eigenvalue weighted by Gasteiger charge is -2.03. The lowest BCUT2D eigenvalue weighted by Crippen LogP contribution is -2.03. The summed E-state index contributed by atoms with van der Waals surface area (Å²) >= 11 is 3.31. The van der Waals surface area contributed by atoms with Gasteiger partial charge in [0.1, 0.15) is 5.69 Å². The zero-order valence-corrected chi connectivity index (χ0v) is 11.6. The monoisotopic (exact) mass is 311 g/mol. The van der Waals surface area contributed by atoms with Crippen molar-refractivity contribution in [3.8, 4) is 0 Å². The molecule has 3 heteroatoms. The molecule has 0 saturated heterocycles. The number of ketones is 1. The fourth-order valence-corrected chi connectivity index (χ4v) is 2.22. The summed E-state index contributed by atoms with van der Waals surface area (Å²) < 4.78 is 0.863. The van der Waals surface area contributed by atoms with Crippen molar-refractivity contribution >= 4 is 32.5 Å². The molecule has 0 unspecified atom stereocenters. The van der Waals surface area contributed by atoms with Gasteiger partial charge < -0.3 is 0 Å². The van der Waals surface area contributed by atoms with Gasteiger partial charge in [0.05, 0.1) is 0 Å². The van der Waals surface area contributed by atoms with Crippen LogP contribution in [0.15, 0.2) is 65.3 Å². The van der Waals surface area contributed by atoms with Crippen LogP contribution in [0, 0.1) is 0 Å². The molecule has 2 nitrogen and oxygen atoms in total. The summed E-state index contributed by atoms with van der Waals surface area (Å²) in [7, 11) is 0. The fraction of sp³-hybridized carbons (Fsp3) is 0. The third kappa shape index (κ3) is 2.42. The normalized spacial score (nSPS) is 10.6. The Bertz CT molecular complexity index is 750. The van der Waals surface area contributed by atoms with E-state index >= 15 is 0 Å². The lowest BCUT2D eigenvalue weighted by atomic mass is 10.0. The second kappa shape index (κ2) is 4.94. The molecule has 1 heterocycles. The van der Waals surface area contributed by atoms with E-state index in [1.165, 1.54) is 0 Å². The summed E-state index contributed by atoms with van der Waals surface area (Å²) in [6, 6.07) is 17.2. The maximum absolute atomic E-state index is 12.3. The van der Waals surface area contributed by atoms with Gasteiger partial charge in [-0.3, -0.25) is 9.78 Å². The topological polar surface area (TPSA) is 30.0 Å². The van der Waals surface area contributed by atoms with Crippen LogP contribution in [0.1, 0.15) is 16.1 Å². The SMILES string of the molecule is O=C(c1ccc2ccccc2c1)c1ccc(Br)cn1. The number of rotatable bonds is 2. The van der Waals surface area contributed by atoms with Crippen molar-refractivity contribution in [1.29, 1.82) is 0 Å². The molecule has 0 aliphatic heterocycles. The van der Waals surface area contributed by atoms with Gasteiger partial charge in [-0.1, -0.05) is 36.4 Å². The lowest BCUT2D eigenvalue weighted by molar-refractivity contribution is 0.103. The Hall–Kier alpha value is -2.00. The van der Waals surface area contributed by atoms with Crippen molar-refractivity contribution in [2.24, 2.45) is 0 Å². The Balaban J connectivity index is 2.04. The highest BCUT2D eigenvalue weighted by molar-refractivity contribution is 9.10. The van der Waals surface area contributed by atoms with Crippen molar-refractivity contribution < 1.29 is 4.79 Å². The van der Waals surface area contributed by atoms with Gasteiger partial charge in [0.15, 0.2) is 0 Å². The zero-order chi connectivity index (χ0) is 13.2. The molecule has 19 heavy (non-hydrogen) atoms. The number of halogens is 1. The second-order valence-corrected chi connectivity index (χ2v) is 5.17. The molecule has 1 aromatic heterocycles. The predicted octanol–water partition coefficient (Wildman–Crippen LogP) is 4.23. The predicted molar refractivity (Wildman–Crippen MR) is 79.3 cm³/mol. The molecule has 3 aromatic rings. The summed E-state index contributed by atoms with van der Waals surface area (Å²) in [5.74, 6) is -0.0572. The molecule has 0 aliphatic carbocycles. The van der Waals surface area contributed by atoms with Gasteiger partial charge in [0.2, 0.25) is 5.78 Å². The summed E-state index contributed by atoms with van der Waals surface area (Å²) in [5.41, 5.74) is 1.12. The highest BCUT2D eigenvalue weighted by Crippen LogP contribution is 2.18. The van der Waals surface area contributed by atoms with E-state index in [2.05, 4.69) is 20.9 Å². The van der Waals surface area contributed by atoms with Crippen LogP contribution in [0.3, 0.4) is 0 Å². The van der Waals surface area contributed by atoms with Crippen molar-refractivity contribution in [2.75, 3.05) is 0 Å². The van der Waals surface area contributed by atoms with E-state index in [1.54, 1.807) is 12.3 Å². The third-order valence-corrected chi connectivity index (χ3v) is 3.44. The maximum atomic E-state index is 12.3. The van der Waals surface area contributed by atoms with E-state index in [1.807, 2.05) is 48.5 Å². The Morgan fingerprint density at radius 1 is 0.947 bits per heavy atom. The van der Waals surface area contributed by atoms with E-state index in [9.17, 15) is 4.79 Å². The minimum absolute atomic E-state index is 0.0572. The zero-order valence-electron chi connectivity index (χ0n) is 10.0. The van der Waals surface area contributed by atoms with Crippen LogP contribution in [-0.4, -0.2) is 10.8 Å². The molecule has 0 amide bonds. The molecule has 0 N–H and O–H groups in total. The molecule has 0 fully saturated rings. The first-order valence-corrected chi connectivity index (χ1v) is 6.68. The van der Waals surface area contributed by atoms with Gasteiger partial charge in [0, 0.05) is 16.2 Å². The Morgan fingerprint density at radius 3 is 2.47 bits per heavy atom. The van der Waals surface area contributed by atoms with E-state index in [4.69, 9.17) is 0 Å². The van der Waals surface area contributed by atoms with Crippen LogP contribution in [0.25, 0.3) is 10.8 Å². The summed E-state index contributed by atoms with van der Waals surface area (Å²) in [4.78, 5) is 16.5. The van der Waals surface area contributed by atoms with E-state index in [-0.39, 0.29) is 5.78 Å². The number of benzene rings is 2. The van der Waals surface area contributed by atoms with E-state index < -0.39 is 0 Å². The first kappa shape index (κ1) is 12.1. The van der Waals surface area contributed by atoms with E-state index in [0.717, 1.165) is 15.2 Å². The third-order valence-electron chi connectivity index (χ3n) is 2.97. The molecule has 0 radical (unpaired) electrons. The molecular weight excluding hydrogens is 302 g/mol. The average molecular weight is 312 g/mol. The minimum atomic E-state index is -0.0572. The fourth-order valence-electron chi connectivity index (χ4n) is 1.99. The molecule has 0 saturated carbocycles. The number of fused-ring (bicyclic) bond motifs is 1. The number of carbonyl (C=O) groups is 1. The molecule has 0 spiro atoms. The van der Waals surface area contributed by atoms with Crippen LogP contribution < -0.4 is 0 Å². The van der Waals surface area contributed by atoms with Crippen LogP contribution >= 0.6 is 15.9 Å². The summed E-state index contributed by atoms with van der Waals surface area (Å²) in [6.45, 7) is 0. The van der Waals surface area contributed by atoms with Gasteiger partial charge in [-0.15, -0.1) is 0 Å². The van der Waals surface area contributed by atoms with Crippen molar-refractivity contribution in [2.45, 2.75) is 0 Å². The van der Waals surface area contributed by atoms with Gasteiger partial charge >= 0.3 is 0 Å². The van der Waals surface area contributed by atoms with Gasteiger partial charge in [-0.2, -0.15) is 0 Å². The highest BCUT2D eigenvalue weighted by atomic mass is 79.9. The molecule has 0 aliphatic rings. The molecule has 2 aromatic carbocycles. The smallest absolute Gasteiger partial charge is 0.211 e. The first-order valence-electron chi connectivity index (χ1n) is 5.89. The standard InChI is InChI=1S/C16H10BrNO/c17-14-7-8-15(18-10-14)16(19)13-6-5-11-3-1-2-4-12(11)9-13/h1-10H. The Kier molecular flexibility index (Phi) is 3.13. The van der Waals surface area contributed by atoms with Crippen LogP contribution in [0.5, 0.6) is 0 Å². The quantitative estimate of drug-likeness (QED) is 0.663. The summed E-state index contributed by atoms with van der Waals surface area (Å²) in [6.07, 6.45) is 1.63. The molecule has 0 bridgehead atoms. The second-order valence-electron chi connectivity index (χ2n) is 4.25. The number of hydrogen-bond donors (Lipinski definition) is 0. The molecular formula is C16H10BrNO. The summed E-state index contributed by atoms with van der Waals surface area (Å²) in [5, 5.41) is 2.19. The van der Waals surface area contributed by atoms with E-state index in [0.29, 0.717) is 11.3 Å². The number of pyridine rings is 1. The highest BCUT2D eigenvalue weighted by Gasteiger charge is 2.10. The number of carbonyl (C=O) groups excluding carboxylic acids is 1. The van der Waals surface area contributed by atoms with Crippen molar-refractivity contribution in [1.82, 2.24) is 4.98 Å². The van der Waals surface area contributed by atoms with Gasteiger partial charge in [-0.05, 0) is 44.9 Å². The van der Waals surface area contributed by atoms with Gasteiger partial charge in [0.25, 0.3) is 0 Å². The molecule has 0 atom stereocenters. The Morgan fingerprint density at radius 2 is 1.74 bits per heavy atom. The maximum Gasteiger partial charge on any atom is 0.211 e. The Labute approximate surface area is 119 Å². The minimum Gasteiger partial charge on any atom is -0.287 e. The van der Waals surface area contributed by atoms with Crippen LogP contribution in [-0.2, 0) is 0 Å². The van der Waals surface area contributed by atoms with Crippen molar-refractivity contribution in [3.63, 3.8) is 0 Å². The van der Waals surface area contributed by atoms with Gasteiger partial charge in [-0.25, -0.2) is 0 Å². The van der Waals surface area contributed by atoms with Crippen molar-refractivity contribution in [3.05, 3.63) is 76.5 Å². The average Bonchev–Trinajstić information content (AvgIpc) is 2.47. The van der Waals surface area contributed by atoms with Crippen LogP contribution in [0.2, 0.25) is 0 Å². The molecule has 92 valence electrons. The number of hydrogen-bond acceptors (Lipinski definition) is 2. The number of nitrogens with zero attached hydrogens (tertiary/aromatic N) is 1.